The lowest BCUT2D eigenvalue weighted by molar-refractivity contribution is 0.0926. The van der Waals surface area contributed by atoms with Crippen molar-refractivity contribution in [3.8, 4) is 5.75 Å². The fourth-order valence-electron chi connectivity index (χ4n) is 3.49. The standard InChI is InChI=1S/C17H21N5O2/c1-10-8-9-22-17(18-10)20-15(21-22)16(23)19-13-7-6-12-11(13)4-3-5-14(12)24-2/h3-5,10,13H,6-9H2,1-2H3,(H,19,23)(H,18,20,21). The van der Waals surface area contributed by atoms with Crippen molar-refractivity contribution in [1.82, 2.24) is 20.1 Å². The number of benzene rings is 1. The second kappa shape index (κ2) is 5.81. The van der Waals surface area contributed by atoms with Gasteiger partial charge in [-0.1, -0.05) is 12.1 Å². The van der Waals surface area contributed by atoms with E-state index in [0.29, 0.717) is 12.0 Å². The third kappa shape index (κ3) is 2.50. The average Bonchev–Trinajstić information content (AvgIpc) is 3.18. The van der Waals surface area contributed by atoms with Gasteiger partial charge in [-0.2, -0.15) is 4.98 Å². The van der Waals surface area contributed by atoms with Crippen LogP contribution in [0.15, 0.2) is 18.2 Å². The van der Waals surface area contributed by atoms with Crippen LogP contribution in [-0.4, -0.2) is 33.8 Å². The highest BCUT2D eigenvalue weighted by molar-refractivity contribution is 5.91. The summed E-state index contributed by atoms with van der Waals surface area (Å²) in [6.45, 7) is 2.88. The third-order valence-electron chi connectivity index (χ3n) is 4.78. The van der Waals surface area contributed by atoms with E-state index in [0.717, 1.165) is 37.1 Å². The van der Waals surface area contributed by atoms with E-state index in [-0.39, 0.29) is 17.8 Å². The molecule has 2 unspecified atom stereocenters. The zero-order valence-corrected chi connectivity index (χ0v) is 13.9. The van der Waals surface area contributed by atoms with Crippen LogP contribution in [0, 0.1) is 0 Å². The minimum atomic E-state index is -0.230. The smallest absolute Gasteiger partial charge is 0.291 e. The first-order chi connectivity index (χ1) is 11.7. The second-order valence-electron chi connectivity index (χ2n) is 6.41. The molecule has 7 heteroatoms. The Balaban J connectivity index is 1.52. The molecular formula is C17H21N5O2. The first-order valence-electron chi connectivity index (χ1n) is 8.33. The van der Waals surface area contributed by atoms with E-state index in [1.54, 1.807) is 11.8 Å². The topological polar surface area (TPSA) is 81.1 Å². The summed E-state index contributed by atoms with van der Waals surface area (Å²) in [6.07, 6.45) is 2.74. The summed E-state index contributed by atoms with van der Waals surface area (Å²) >= 11 is 0. The summed E-state index contributed by atoms with van der Waals surface area (Å²) < 4.78 is 7.18. The first-order valence-corrected chi connectivity index (χ1v) is 8.33. The van der Waals surface area contributed by atoms with E-state index in [2.05, 4.69) is 27.6 Å². The number of nitrogens with zero attached hydrogens (tertiary/aromatic N) is 3. The predicted molar refractivity (Wildman–Crippen MR) is 89.2 cm³/mol. The first kappa shape index (κ1) is 15.0. The number of hydrogen-bond acceptors (Lipinski definition) is 5. The maximum absolute atomic E-state index is 12.6. The summed E-state index contributed by atoms with van der Waals surface area (Å²) in [6, 6.07) is 6.30. The third-order valence-corrected chi connectivity index (χ3v) is 4.78. The summed E-state index contributed by atoms with van der Waals surface area (Å²) in [5.74, 6) is 1.56. The molecule has 7 nitrogen and oxygen atoms in total. The quantitative estimate of drug-likeness (QED) is 0.900. The molecule has 1 aliphatic carbocycles. The number of aromatic nitrogens is 3. The summed E-state index contributed by atoms with van der Waals surface area (Å²) in [5.41, 5.74) is 2.30. The highest BCUT2D eigenvalue weighted by Gasteiger charge is 2.28. The number of methoxy groups -OCH3 is 1. The maximum atomic E-state index is 12.6. The zero-order chi connectivity index (χ0) is 16.7. The molecule has 1 aromatic carbocycles. The number of carbonyl (C=O) groups is 1. The van der Waals surface area contributed by atoms with Crippen LogP contribution in [0.4, 0.5) is 5.95 Å². The molecule has 2 heterocycles. The Morgan fingerprint density at radius 1 is 1.42 bits per heavy atom. The number of ether oxygens (including phenoxy) is 1. The van der Waals surface area contributed by atoms with Crippen molar-refractivity contribution in [2.45, 2.75) is 44.8 Å². The van der Waals surface area contributed by atoms with Crippen molar-refractivity contribution in [2.24, 2.45) is 0 Å². The van der Waals surface area contributed by atoms with Crippen LogP contribution < -0.4 is 15.4 Å². The van der Waals surface area contributed by atoms with Crippen molar-refractivity contribution in [2.75, 3.05) is 12.4 Å². The number of aryl methyl sites for hydroxylation is 1. The lowest BCUT2D eigenvalue weighted by Gasteiger charge is -2.20. The lowest BCUT2D eigenvalue weighted by atomic mass is 10.1. The summed E-state index contributed by atoms with van der Waals surface area (Å²) in [7, 11) is 1.68. The second-order valence-corrected chi connectivity index (χ2v) is 6.41. The van der Waals surface area contributed by atoms with Crippen molar-refractivity contribution in [3.05, 3.63) is 35.2 Å². The van der Waals surface area contributed by atoms with E-state index in [1.165, 1.54) is 5.56 Å². The van der Waals surface area contributed by atoms with E-state index >= 15 is 0 Å². The van der Waals surface area contributed by atoms with Gasteiger partial charge in [0, 0.05) is 12.6 Å². The molecular weight excluding hydrogens is 306 g/mol. The van der Waals surface area contributed by atoms with E-state index < -0.39 is 0 Å². The van der Waals surface area contributed by atoms with Crippen LogP contribution in [0.25, 0.3) is 0 Å². The highest BCUT2D eigenvalue weighted by atomic mass is 16.5. The lowest BCUT2D eigenvalue weighted by Crippen LogP contribution is -2.28. The summed E-state index contributed by atoms with van der Waals surface area (Å²) in [4.78, 5) is 16.9. The van der Waals surface area contributed by atoms with Crippen LogP contribution in [-0.2, 0) is 13.0 Å². The molecule has 0 spiro atoms. The Kier molecular flexibility index (Phi) is 3.63. The predicted octanol–water partition coefficient (Wildman–Crippen LogP) is 1.91. The largest absolute Gasteiger partial charge is 0.496 e. The fraction of sp³-hybridized carbons (Fsp3) is 0.471. The molecule has 2 aromatic rings. The highest BCUT2D eigenvalue weighted by Crippen LogP contribution is 2.36. The molecule has 0 fully saturated rings. The van der Waals surface area contributed by atoms with Gasteiger partial charge >= 0.3 is 0 Å². The van der Waals surface area contributed by atoms with Gasteiger partial charge in [0.1, 0.15) is 5.75 Å². The SMILES string of the molecule is COc1cccc2c1CCC2NC(=O)c1nc2n(n1)CCC(C)N2. The van der Waals surface area contributed by atoms with Crippen LogP contribution in [0.2, 0.25) is 0 Å². The molecule has 0 bridgehead atoms. The molecule has 0 saturated carbocycles. The van der Waals surface area contributed by atoms with Crippen LogP contribution in [0.1, 0.15) is 47.6 Å². The van der Waals surface area contributed by atoms with Crippen LogP contribution in [0.3, 0.4) is 0 Å². The van der Waals surface area contributed by atoms with Gasteiger partial charge in [0.05, 0.1) is 13.2 Å². The molecule has 1 amide bonds. The number of nitrogens with one attached hydrogen (secondary N) is 2. The Bertz CT molecular complexity index is 785. The molecule has 4 rings (SSSR count). The molecule has 2 aliphatic rings. The number of fused-ring (bicyclic) bond motifs is 2. The van der Waals surface area contributed by atoms with Crippen molar-refractivity contribution < 1.29 is 9.53 Å². The van der Waals surface area contributed by atoms with E-state index in [1.807, 2.05) is 18.2 Å². The Hall–Kier alpha value is -2.57. The monoisotopic (exact) mass is 327 g/mol. The molecule has 1 aromatic heterocycles. The van der Waals surface area contributed by atoms with Crippen molar-refractivity contribution >= 4 is 11.9 Å². The normalized spacial score (nSPS) is 21.6. The molecule has 0 saturated heterocycles. The van der Waals surface area contributed by atoms with Gasteiger partial charge in [-0.3, -0.25) is 4.79 Å². The average molecular weight is 327 g/mol. The number of rotatable bonds is 3. The van der Waals surface area contributed by atoms with Gasteiger partial charge in [-0.25, -0.2) is 4.68 Å². The fourth-order valence-corrected chi connectivity index (χ4v) is 3.49. The van der Waals surface area contributed by atoms with Crippen molar-refractivity contribution in [3.63, 3.8) is 0 Å². The minimum Gasteiger partial charge on any atom is -0.496 e. The molecule has 126 valence electrons. The Morgan fingerprint density at radius 2 is 2.29 bits per heavy atom. The Morgan fingerprint density at radius 3 is 3.12 bits per heavy atom. The van der Waals surface area contributed by atoms with Crippen LogP contribution in [0.5, 0.6) is 5.75 Å². The molecule has 2 N–H and O–H groups in total. The molecule has 2 atom stereocenters. The van der Waals surface area contributed by atoms with Gasteiger partial charge in [0.15, 0.2) is 0 Å². The molecule has 24 heavy (non-hydrogen) atoms. The maximum Gasteiger partial charge on any atom is 0.291 e. The van der Waals surface area contributed by atoms with E-state index in [4.69, 9.17) is 4.74 Å². The minimum absolute atomic E-state index is 0.0185. The van der Waals surface area contributed by atoms with Gasteiger partial charge in [-0.15, -0.1) is 5.10 Å². The number of hydrogen-bond donors (Lipinski definition) is 2. The van der Waals surface area contributed by atoms with Crippen molar-refractivity contribution in [1.29, 1.82) is 0 Å². The summed E-state index contributed by atoms with van der Waals surface area (Å²) in [5, 5.41) is 10.6. The van der Waals surface area contributed by atoms with Crippen LogP contribution >= 0.6 is 0 Å². The number of amides is 1. The van der Waals surface area contributed by atoms with Gasteiger partial charge in [-0.05, 0) is 43.4 Å². The molecule has 1 aliphatic heterocycles. The van der Waals surface area contributed by atoms with Gasteiger partial charge < -0.3 is 15.4 Å². The van der Waals surface area contributed by atoms with Gasteiger partial charge in [0.2, 0.25) is 11.8 Å². The van der Waals surface area contributed by atoms with Gasteiger partial charge in [0.25, 0.3) is 5.91 Å². The number of anilines is 1. The number of carbonyl (C=O) groups excluding carboxylic acids is 1. The Labute approximate surface area is 140 Å². The zero-order valence-electron chi connectivity index (χ0n) is 13.9. The van der Waals surface area contributed by atoms with E-state index in [9.17, 15) is 4.79 Å². The molecule has 0 radical (unpaired) electrons.